The lowest BCUT2D eigenvalue weighted by molar-refractivity contribution is -0.131. The molecule has 0 spiro atoms. The van der Waals surface area contributed by atoms with Crippen molar-refractivity contribution in [3.05, 3.63) is 48.5 Å². The number of carbonyl (C=O) groups excluding carboxylic acids is 1. The van der Waals surface area contributed by atoms with Crippen molar-refractivity contribution >= 4 is 5.91 Å². The molecule has 1 amide bonds. The summed E-state index contributed by atoms with van der Waals surface area (Å²) in [5, 5.41) is 3.12. The molecule has 1 aromatic carbocycles. The monoisotopic (exact) mass is 314 g/mol. The number of carbonyl (C=O) groups is 1. The van der Waals surface area contributed by atoms with Gasteiger partial charge < -0.3 is 15.6 Å². The number of nitrogens with one attached hydrogen (secondary N) is 1. The molecule has 0 bridgehead atoms. The van der Waals surface area contributed by atoms with Crippen molar-refractivity contribution in [2.75, 3.05) is 6.54 Å². The van der Waals surface area contributed by atoms with Crippen LogP contribution in [0.3, 0.4) is 0 Å². The Balaban J connectivity index is 2.16. The number of imidazole rings is 1. The highest BCUT2D eigenvalue weighted by Crippen LogP contribution is 2.27. The fourth-order valence-corrected chi connectivity index (χ4v) is 2.75. The van der Waals surface area contributed by atoms with E-state index >= 15 is 0 Å². The van der Waals surface area contributed by atoms with Crippen molar-refractivity contribution in [1.29, 1.82) is 0 Å². The van der Waals surface area contributed by atoms with Crippen LogP contribution in [0.5, 0.6) is 0 Å². The molecule has 5 heteroatoms. The molecule has 1 heterocycles. The normalized spacial score (nSPS) is 12.9. The largest absolute Gasteiger partial charge is 0.349 e. The van der Waals surface area contributed by atoms with Crippen molar-refractivity contribution in [3.63, 3.8) is 0 Å². The summed E-state index contributed by atoms with van der Waals surface area (Å²) in [6, 6.07) is 8.02. The maximum atomic E-state index is 12.6. The van der Waals surface area contributed by atoms with Crippen molar-refractivity contribution in [3.8, 4) is 5.69 Å². The van der Waals surface area contributed by atoms with Gasteiger partial charge in [0.05, 0.1) is 17.8 Å². The van der Waals surface area contributed by atoms with E-state index in [4.69, 9.17) is 5.73 Å². The van der Waals surface area contributed by atoms with Crippen LogP contribution in [0, 0.1) is 5.41 Å². The van der Waals surface area contributed by atoms with Gasteiger partial charge in [0.15, 0.2) is 0 Å². The average molecular weight is 314 g/mol. The van der Waals surface area contributed by atoms with Gasteiger partial charge in [-0.1, -0.05) is 26.0 Å². The first kappa shape index (κ1) is 17.2. The highest BCUT2D eigenvalue weighted by atomic mass is 16.2. The van der Waals surface area contributed by atoms with Crippen molar-refractivity contribution < 1.29 is 4.79 Å². The Hall–Kier alpha value is -2.14. The molecule has 0 fully saturated rings. The van der Waals surface area contributed by atoms with Crippen LogP contribution < -0.4 is 11.1 Å². The molecule has 2 rings (SSSR count). The lowest BCUT2D eigenvalue weighted by atomic mass is 9.81. The van der Waals surface area contributed by atoms with E-state index in [1.54, 1.807) is 12.5 Å². The number of nitrogens with two attached hydrogens (primary N) is 1. The summed E-state index contributed by atoms with van der Waals surface area (Å²) in [5.74, 6) is 0.0329. The van der Waals surface area contributed by atoms with Gasteiger partial charge in [0, 0.05) is 24.6 Å². The van der Waals surface area contributed by atoms with Gasteiger partial charge >= 0.3 is 0 Å². The van der Waals surface area contributed by atoms with Gasteiger partial charge in [-0.15, -0.1) is 0 Å². The molecule has 1 atom stereocenters. The number of hydrogen-bond donors (Lipinski definition) is 2. The molecular weight excluding hydrogens is 288 g/mol. The first-order chi connectivity index (χ1) is 11.1. The van der Waals surface area contributed by atoms with Crippen LogP contribution >= 0.6 is 0 Å². The van der Waals surface area contributed by atoms with E-state index in [1.165, 1.54) is 0 Å². The smallest absolute Gasteiger partial charge is 0.227 e. The van der Waals surface area contributed by atoms with Gasteiger partial charge in [0.2, 0.25) is 5.91 Å². The molecule has 0 aliphatic heterocycles. The summed E-state index contributed by atoms with van der Waals surface area (Å²) in [5.41, 5.74) is 7.47. The molecule has 2 aromatic rings. The van der Waals surface area contributed by atoms with Crippen molar-refractivity contribution in [2.24, 2.45) is 11.1 Å². The van der Waals surface area contributed by atoms with Gasteiger partial charge in [-0.2, -0.15) is 0 Å². The zero-order valence-electron chi connectivity index (χ0n) is 14.1. The number of benzene rings is 1. The highest BCUT2D eigenvalue weighted by molar-refractivity contribution is 5.83. The Morgan fingerprint density at radius 3 is 2.70 bits per heavy atom. The maximum absolute atomic E-state index is 12.6. The van der Waals surface area contributed by atoms with Crippen LogP contribution in [0.15, 0.2) is 43.0 Å². The first-order valence-electron chi connectivity index (χ1n) is 8.15. The molecule has 0 aliphatic carbocycles. The van der Waals surface area contributed by atoms with Crippen LogP contribution in [-0.2, 0) is 4.79 Å². The number of hydrogen-bond acceptors (Lipinski definition) is 3. The van der Waals surface area contributed by atoms with Crippen LogP contribution in [0.2, 0.25) is 0 Å². The SMILES string of the molecule is CCC(CC)(CN)C(=O)NC(C)c1cccc(-n2ccnc2)c1. The third kappa shape index (κ3) is 3.62. The van der Waals surface area contributed by atoms with Gasteiger partial charge in [-0.05, 0) is 37.5 Å². The maximum Gasteiger partial charge on any atom is 0.227 e. The summed E-state index contributed by atoms with van der Waals surface area (Å²) in [7, 11) is 0. The zero-order chi connectivity index (χ0) is 16.9. The van der Waals surface area contributed by atoms with E-state index in [9.17, 15) is 4.79 Å². The van der Waals surface area contributed by atoms with E-state index < -0.39 is 5.41 Å². The third-order valence-electron chi connectivity index (χ3n) is 4.75. The summed E-state index contributed by atoms with van der Waals surface area (Å²) >= 11 is 0. The van der Waals surface area contributed by atoms with E-state index in [0.29, 0.717) is 6.54 Å². The van der Waals surface area contributed by atoms with Crippen LogP contribution in [0.1, 0.15) is 45.2 Å². The Labute approximate surface area is 137 Å². The molecule has 3 N–H and O–H groups in total. The molecule has 0 saturated carbocycles. The van der Waals surface area contributed by atoms with Crippen LogP contribution in [0.25, 0.3) is 5.69 Å². The minimum atomic E-state index is -0.476. The number of amides is 1. The highest BCUT2D eigenvalue weighted by Gasteiger charge is 2.34. The summed E-state index contributed by atoms with van der Waals surface area (Å²) in [6.45, 7) is 6.39. The third-order valence-corrected chi connectivity index (χ3v) is 4.75. The fraction of sp³-hybridized carbons (Fsp3) is 0.444. The fourth-order valence-electron chi connectivity index (χ4n) is 2.75. The number of rotatable bonds is 7. The Morgan fingerprint density at radius 1 is 1.39 bits per heavy atom. The molecule has 1 aromatic heterocycles. The molecule has 23 heavy (non-hydrogen) atoms. The Morgan fingerprint density at radius 2 is 2.13 bits per heavy atom. The second-order valence-corrected chi connectivity index (χ2v) is 5.95. The number of nitrogens with zero attached hydrogens (tertiary/aromatic N) is 2. The Kier molecular flexibility index (Phi) is 5.55. The van der Waals surface area contributed by atoms with E-state index in [0.717, 1.165) is 24.1 Å². The molecule has 5 nitrogen and oxygen atoms in total. The van der Waals surface area contributed by atoms with E-state index in [2.05, 4.69) is 16.4 Å². The standard InChI is InChI=1S/C18H26N4O/c1-4-18(5-2,12-19)17(23)21-14(3)15-7-6-8-16(11-15)22-10-9-20-13-22/h6-11,13-14H,4-5,12,19H2,1-3H3,(H,21,23). The Bertz CT molecular complexity index is 624. The summed E-state index contributed by atoms with van der Waals surface area (Å²) in [6.07, 6.45) is 6.89. The minimum Gasteiger partial charge on any atom is -0.349 e. The van der Waals surface area contributed by atoms with Gasteiger partial charge in [0.25, 0.3) is 0 Å². The molecule has 0 saturated heterocycles. The minimum absolute atomic E-state index is 0.0329. The van der Waals surface area contributed by atoms with Crippen LogP contribution in [0.4, 0.5) is 0 Å². The lowest BCUT2D eigenvalue weighted by Gasteiger charge is -2.30. The second kappa shape index (κ2) is 7.42. The van der Waals surface area contributed by atoms with Crippen molar-refractivity contribution in [1.82, 2.24) is 14.9 Å². The van der Waals surface area contributed by atoms with Gasteiger partial charge in [-0.25, -0.2) is 4.98 Å². The molecule has 0 radical (unpaired) electrons. The molecular formula is C18H26N4O. The van der Waals surface area contributed by atoms with Crippen LogP contribution in [-0.4, -0.2) is 22.0 Å². The van der Waals surface area contributed by atoms with E-state index in [1.807, 2.05) is 49.7 Å². The number of aromatic nitrogens is 2. The predicted octanol–water partition coefficient (Wildman–Crippen LogP) is 2.81. The van der Waals surface area contributed by atoms with Crippen molar-refractivity contribution in [2.45, 2.75) is 39.7 Å². The van der Waals surface area contributed by atoms with Gasteiger partial charge in [0.1, 0.15) is 0 Å². The summed E-state index contributed by atoms with van der Waals surface area (Å²) in [4.78, 5) is 16.7. The van der Waals surface area contributed by atoms with Gasteiger partial charge in [-0.3, -0.25) is 4.79 Å². The average Bonchev–Trinajstić information content (AvgIpc) is 3.11. The molecule has 124 valence electrons. The molecule has 0 aliphatic rings. The molecule has 1 unspecified atom stereocenters. The predicted molar refractivity (Wildman–Crippen MR) is 92.2 cm³/mol. The second-order valence-electron chi connectivity index (χ2n) is 5.95. The topological polar surface area (TPSA) is 72.9 Å². The quantitative estimate of drug-likeness (QED) is 0.825. The lowest BCUT2D eigenvalue weighted by Crippen LogP contribution is -2.46. The zero-order valence-corrected chi connectivity index (χ0v) is 14.1. The first-order valence-corrected chi connectivity index (χ1v) is 8.15. The summed E-state index contributed by atoms with van der Waals surface area (Å²) < 4.78 is 1.94. The van der Waals surface area contributed by atoms with E-state index in [-0.39, 0.29) is 11.9 Å².